The van der Waals surface area contributed by atoms with Gasteiger partial charge in [0.05, 0.1) is 0 Å². The Labute approximate surface area is 126 Å². The zero-order valence-electron chi connectivity index (χ0n) is 7.42. The average molecular weight is 190 g/mol. The fourth-order valence-corrected chi connectivity index (χ4v) is 0. The third-order valence-corrected chi connectivity index (χ3v) is 0. The maximum Gasteiger partial charge on any atom is 2.00 e. The maximum absolute atomic E-state index is 9.00. The first-order valence-corrected chi connectivity index (χ1v) is 1.86. The Kier molecular flexibility index (Phi) is 60.2. The molecule has 0 aromatic heterocycles. The Morgan fingerprint density at radius 2 is 0.909 bits per heavy atom. The van der Waals surface area contributed by atoms with Crippen LogP contribution in [0.5, 0.6) is 0 Å². The average Bonchev–Trinajstić information content (AvgIpc) is 1.25. The van der Waals surface area contributed by atoms with Crippen LogP contribution < -0.4 is 59.1 Å². The van der Waals surface area contributed by atoms with Crippen LogP contribution >= 0.6 is 0 Å². The fourth-order valence-electron chi connectivity index (χ4n) is 0. The summed E-state index contributed by atoms with van der Waals surface area (Å²) in [5, 5.41) is 14.8. The summed E-state index contributed by atoms with van der Waals surface area (Å²) in [6.45, 7) is 2.17. The van der Waals surface area contributed by atoms with Crippen molar-refractivity contribution in [1.29, 1.82) is 0 Å². The van der Waals surface area contributed by atoms with E-state index in [1.807, 2.05) is 0 Å². The summed E-state index contributed by atoms with van der Waals surface area (Å²) >= 11 is 0. The van der Waals surface area contributed by atoms with Crippen LogP contribution in [0.1, 0.15) is 13.8 Å². The number of carbonyl (C=O) groups is 2. The van der Waals surface area contributed by atoms with E-state index in [0.29, 0.717) is 0 Å². The zero-order valence-corrected chi connectivity index (χ0v) is 12.8. The first kappa shape index (κ1) is 29.3. The molecule has 0 unspecified atom stereocenters. The van der Waals surface area contributed by atoms with Crippen LogP contribution in [0, 0.1) is 0 Å². The molecule has 0 amide bonds. The van der Waals surface area contributed by atoms with E-state index >= 15 is 0 Å². The summed E-state index contributed by atoms with van der Waals surface area (Å²) in [5.74, 6) is -1.67. The molecule has 0 saturated carbocycles. The van der Waals surface area contributed by atoms with Crippen molar-refractivity contribution in [2.45, 2.75) is 13.8 Å². The Morgan fingerprint density at radius 1 is 0.909 bits per heavy atom. The Hall–Kier alpha value is 1.71. The Bertz CT molecular complexity index is 78.1. The van der Waals surface area contributed by atoms with Gasteiger partial charge in [0.15, 0.2) is 0 Å². The van der Waals surface area contributed by atoms with E-state index in [4.69, 9.17) is 19.8 Å². The minimum Gasteiger partial charge on any atom is -0.481 e. The summed E-state index contributed by atoms with van der Waals surface area (Å²) in [6, 6.07) is 0. The summed E-state index contributed by atoms with van der Waals surface area (Å²) < 4.78 is 0. The summed E-state index contributed by atoms with van der Waals surface area (Å²) in [4.78, 5) is 18.0. The van der Waals surface area contributed by atoms with Gasteiger partial charge < -0.3 is 10.2 Å². The first-order chi connectivity index (χ1) is 3.46. The molecule has 0 aliphatic carbocycles. The number of hydrogen-bond acceptors (Lipinski definition) is 2. The predicted molar refractivity (Wildman–Crippen MR) is 32.4 cm³/mol. The molecule has 2 N–H and O–H groups in total. The molecule has 0 aromatic carbocycles. The molecular weight excluding hydrogens is 182 g/mol. The minimum atomic E-state index is -0.833. The minimum absolute atomic E-state index is 0. The molecule has 0 saturated heterocycles. The quantitative estimate of drug-likeness (QED) is 0.373. The van der Waals surface area contributed by atoms with Gasteiger partial charge in [0.2, 0.25) is 0 Å². The van der Waals surface area contributed by atoms with Crippen molar-refractivity contribution in [3.05, 3.63) is 0 Å². The van der Waals surface area contributed by atoms with Crippen molar-refractivity contribution in [2.75, 3.05) is 0 Å². The molecule has 0 heterocycles. The fraction of sp³-hybridized carbons (Fsp3) is 0.500. The van der Waals surface area contributed by atoms with E-state index in [1.165, 1.54) is 0 Å². The van der Waals surface area contributed by atoms with Gasteiger partial charge >= 0.3 is 82.2 Å². The predicted octanol–water partition coefficient (Wildman–Crippen LogP) is -6.19. The van der Waals surface area contributed by atoms with Crippen LogP contribution in [-0.4, -0.2) is 45.2 Å². The number of carboxylic acid groups (broad SMARTS) is 2. The first-order valence-electron chi connectivity index (χ1n) is 1.86. The van der Waals surface area contributed by atoms with E-state index in [1.54, 1.807) is 0 Å². The third kappa shape index (κ3) is 379. The van der Waals surface area contributed by atoms with Crippen LogP contribution in [-0.2, 0) is 9.59 Å². The van der Waals surface area contributed by atoms with Crippen molar-refractivity contribution in [2.24, 2.45) is 0 Å². The summed E-state index contributed by atoms with van der Waals surface area (Å²) in [5.41, 5.74) is 0. The molecular formula is C4H8MgNa2O4+4. The second-order valence-corrected chi connectivity index (χ2v) is 1.04. The van der Waals surface area contributed by atoms with Gasteiger partial charge in [-0.3, -0.25) is 9.59 Å². The molecule has 0 aliphatic rings. The topological polar surface area (TPSA) is 74.6 Å². The van der Waals surface area contributed by atoms with Crippen LogP contribution in [0.3, 0.4) is 0 Å². The van der Waals surface area contributed by atoms with Crippen molar-refractivity contribution in [3.8, 4) is 0 Å². The van der Waals surface area contributed by atoms with Gasteiger partial charge in [0.25, 0.3) is 11.9 Å². The molecule has 11 heavy (non-hydrogen) atoms. The van der Waals surface area contributed by atoms with Crippen molar-refractivity contribution >= 4 is 35.0 Å². The zero-order chi connectivity index (χ0) is 7.15. The molecule has 0 bridgehead atoms. The molecule has 0 fully saturated rings. The van der Waals surface area contributed by atoms with Gasteiger partial charge in [0, 0.05) is 13.8 Å². The second kappa shape index (κ2) is 22.6. The maximum atomic E-state index is 9.00. The monoisotopic (exact) mass is 190 g/mol. The van der Waals surface area contributed by atoms with Gasteiger partial charge in [-0.25, -0.2) is 0 Å². The molecule has 4 nitrogen and oxygen atoms in total. The van der Waals surface area contributed by atoms with Crippen molar-refractivity contribution in [1.82, 2.24) is 0 Å². The van der Waals surface area contributed by atoms with Crippen LogP contribution in [0.2, 0.25) is 0 Å². The Balaban J connectivity index is -0.0000000171. The van der Waals surface area contributed by atoms with Gasteiger partial charge in [-0.05, 0) is 0 Å². The van der Waals surface area contributed by atoms with E-state index in [-0.39, 0.29) is 82.2 Å². The number of aliphatic carboxylic acids is 2. The van der Waals surface area contributed by atoms with Crippen LogP contribution in [0.15, 0.2) is 0 Å². The Morgan fingerprint density at radius 3 is 0.909 bits per heavy atom. The number of carboxylic acids is 2. The van der Waals surface area contributed by atoms with E-state index in [9.17, 15) is 0 Å². The largest absolute Gasteiger partial charge is 2.00 e. The van der Waals surface area contributed by atoms with Crippen LogP contribution in [0.4, 0.5) is 0 Å². The van der Waals surface area contributed by atoms with E-state index in [0.717, 1.165) is 13.8 Å². The molecule has 0 spiro atoms. The van der Waals surface area contributed by atoms with Crippen molar-refractivity contribution in [3.63, 3.8) is 0 Å². The van der Waals surface area contributed by atoms with Gasteiger partial charge in [-0.2, -0.15) is 0 Å². The van der Waals surface area contributed by atoms with E-state index < -0.39 is 11.9 Å². The second-order valence-electron chi connectivity index (χ2n) is 1.04. The molecule has 7 heteroatoms. The molecule has 0 aliphatic heterocycles. The summed E-state index contributed by atoms with van der Waals surface area (Å²) in [6.07, 6.45) is 0. The molecule has 48 valence electrons. The van der Waals surface area contributed by atoms with Crippen LogP contribution in [0.25, 0.3) is 0 Å². The molecule has 0 atom stereocenters. The third-order valence-electron chi connectivity index (χ3n) is 0. The van der Waals surface area contributed by atoms with Gasteiger partial charge in [0.1, 0.15) is 0 Å². The van der Waals surface area contributed by atoms with Crippen molar-refractivity contribution < 1.29 is 78.9 Å². The normalized spacial score (nSPS) is 4.55. The molecule has 0 radical (unpaired) electrons. The van der Waals surface area contributed by atoms with E-state index in [2.05, 4.69) is 0 Å². The summed E-state index contributed by atoms with van der Waals surface area (Å²) in [7, 11) is 0. The molecule has 0 aromatic rings. The SMILES string of the molecule is CC(=O)O.CC(=O)O.[Mg+2].[Na+].[Na+]. The van der Waals surface area contributed by atoms with Gasteiger partial charge in [-0.15, -0.1) is 0 Å². The number of rotatable bonds is 0. The van der Waals surface area contributed by atoms with Gasteiger partial charge in [-0.1, -0.05) is 0 Å². The molecule has 0 rings (SSSR count). The number of hydrogen-bond donors (Lipinski definition) is 2. The standard InChI is InChI=1S/2C2H4O2.Mg.2Na/c2*1-2(3)4;;;/h2*1H3,(H,3,4);;;/q;;+2;2*+1. The smallest absolute Gasteiger partial charge is 0.481 e.